The summed E-state index contributed by atoms with van der Waals surface area (Å²) in [5.74, 6) is -1.09. The van der Waals surface area contributed by atoms with Gasteiger partial charge in [-0.25, -0.2) is 4.39 Å². The van der Waals surface area contributed by atoms with Crippen molar-refractivity contribution in [2.24, 2.45) is 0 Å². The molecule has 0 radical (unpaired) electrons. The molecule has 1 unspecified atom stereocenters. The zero-order chi connectivity index (χ0) is 34.5. The van der Waals surface area contributed by atoms with Gasteiger partial charge in [-0.1, -0.05) is 36.4 Å². The lowest BCUT2D eigenvalue weighted by molar-refractivity contribution is -0.128. The topological polar surface area (TPSA) is 148 Å². The van der Waals surface area contributed by atoms with Gasteiger partial charge in [0.15, 0.2) is 0 Å². The van der Waals surface area contributed by atoms with E-state index in [1.807, 2.05) is 51.1 Å². The number of rotatable bonds is 11. The average Bonchev–Trinajstić information content (AvgIpc) is 3.11. The Bertz CT molecular complexity index is 1670. The van der Waals surface area contributed by atoms with Crippen LogP contribution in [-0.4, -0.2) is 77.7 Å². The minimum atomic E-state index is -2.41. The lowest BCUT2D eigenvalue weighted by Gasteiger charge is -2.31. The first-order chi connectivity index (χ1) is 22.1. The summed E-state index contributed by atoms with van der Waals surface area (Å²) in [5, 5.41) is 28.1. The molecule has 5 N–H and O–H groups in total. The van der Waals surface area contributed by atoms with Gasteiger partial charge in [0, 0.05) is 29.7 Å². The highest BCUT2D eigenvalue weighted by molar-refractivity contribution is 7.73. The molecule has 1 aliphatic heterocycles. The van der Waals surface area contributed by atoms with Crippen molar-refractivity contribution in [3.63, 3.8) is 0 Å². The Labute approximate surface area is 277 Å². The predicted octanol–water partition coefficient (Wildman–Crippen LogP) is 2.66. The van der Waals surface area contributed by atoms with E-state index in [2.05, 4.69) is 16.0 Å². The van der Waals surface area contributed by atoms with Crippen LogP contribution in [0.2, 0.25) is 0 Å². The van der Waals surface area contributed by atoms with Crippen LogP contribution in [0.3, 0.4) is 0 Å². The monoisotopic (exact) mass is 668 g/mol. The molecule has 1 aliphatic carbocycles. The highest BCUT2D eigenvalue weighted by Crippen LogP contribution is 2.31. The number of hydrogen-bond donors (Lipinski definition) is 5. The molecule has 12 heteroatoms. The quantitative estimate of drug-likeness (QED) is 0.230. The van der Waals surface area contributed by atoms with Crippen molar-refractivity contribution in [2.45, 2.75) is 89.7 Å². The number of fused-ring (bicyclic) bond motifs is 1. The van der Waals surface area contributed by atoms with Gasteiger partial charge in [0.1, 0.15) is 11.9 Å². The third kappa shape index (κ3) is 9.68. The summed E-state index contributed by atoms with van der Waals surface area (Å²) in [6.07, 6.45) is 4.92. The van der Waals surface area contributed by atoms with Crippen LogP contribution in [0.1, 0.15) is 64.2 Å². The van der Waals surface area contributed by atoms with Gasteiger partial charge in [0.25, 0.3) is 0 Å². The van der Waals surface area contributed by atoms with Gasteiger partial charge in [-0.15, -0.1) is 0 Å². The number of carbonyl (C=O) groups is 2. The second-order valence-corrected chi connectivity index (χ2v) is 14.7. The average molecular weight is 669 g/mol. The third-order valence-corrected chi connectivity index (χ3v) is 8.85. The van der Waals surface area contributed by atoms with Crippen molar-refractivity contribution < 1.29 is 32.6 Å². The van der Waals surface area contributed by atoms with E-state index in [0.29, 0.717) is 17.7 Å². The molecule has 0 bridgehead atoms. The third-order valence-electron chi connectivity index (χ3n) is 8.09. The number of allylic oxidation sites excluding steroid dienone is 2. The van der Waals surface area contributed by atoms with Crippen molar-refractivity contribution in [1.82, 2.24) is 16.0 Å². The van der Waals surface area contributed by atoms with Gasteiger partial charge >= 0.3 is 0 Å². The minimum absolute atomic E-state index is 0.0210. The summed E-state index contributed by atoms with van der Waals surface area (Å²) in [6.45, 7) is 9.36. The molecule has 1 heterocycles. The van der Waals surface area contributed by atoms with E-state index in [1.165, 1.54) is 12.1 Å². The highest BCUT2D eigenvalue weighted by Gasteiger charge is 2.33. The first-order valence-electron chi connectivity index (χ1n) is 15.7. The SMILES string of the molecule is CC(C)(C)NC1C(c2ccc(CN3C(=O)[C@H](NC(=O)CC(C)(C)NC[C@H](O)CO)CCc4cc(F)ccc43)cc2)=CC=CC1=S(=O)=O. The van der Waals surface area contributed by atoms with Gasteiger partial charge < -0.3 is 31.1 Å². The van der Waals surface area contributed by atoms with Gasteiger partial charge in [-0.05, 0) is 94.0 Å². The lowest BCUT2D eigenvalue weighted by Crippen LogP contribution is -2.51. The van der Waals surface area contributed by atoms with Crippen molar-refractivity contribution in [1.29, 1.82) is 0 Å². The van der Waals surface area contributed by atoms with Gasteiger partial charge in [0.2, 0.25) is 22.1 Å². The van der Waals surface area contributed by atoms with Crippen LogP contribution in [-0.2, 0) is 32.8 Å². The molecule has 0 spiro atoms. The van der Waals surface area contributed by atoms with E-state index in [0.717, 1.165) is 16.7 Å². The zero-order valence-corrected chi connectivity index (χ0v) is 28.3. The van der Waals surface area contributed by atoms with Crippen LogP contribution in [0.25, 0.3) is 5.57 Å². The number of hydrogen-bond acceptors (Lipinski definition) is 8. The molecule has 2 aliphatic rings. The standard InChI is InChI=1S/C35H45FN4O6S/c1-34(2,3)39-32-27(7-6-8-30(32)47(45)46)23-11-9-22(10-12-23)20-40-29-16-14-25(36)17-24(29)13-15-28(33(40)44)38-31(43)18-35(4,5)37-19-26(42)21-41/h6-12,14,16-17,26,28,32,37,39,41-42H,13,15,18-21H2,1-5H3,(H,38,43)/t26-,28+,32?/m0/s1. The van der Waals surface area contributed by atoms with Crippen molar-refractivity contribution in [3.05, 3.63) is 83.2 Å². The number of β-amino-alcohol motifs (C(OH)–C–C–N with tert-alkyl or cyclic N) is 1. The van der Waals surface area contributed by atoms with Crippen LogP contribution in [0.5, 0.6) is 0 Å². The Kier molecular flexibility index (Phi) is 11.6. The van der Waals surface area contributed by atoms with E-state index >= 15 is 0 Å². The lowest BCUT2D eigenvalue weighted by atomic mass is 9.90. The van der Waals surface area contributed by atoms with Crippen molar-refractivity contribution in [2.75, 3.05) is 18.1 Å². The normalized spacial score (nSPS) is 19.1. The second kappa shape index (κ2) is 15.0. The smallest absolute Gasteiger partial charge is 0.249 e. The molecule has 0 fully saturated rings. The largest absolute Gasteiger partial charge is 0.394 e. The highest BCUT2D eigenvalue weighted by atomic mass is 32.2. The number of amides is 2. The molecule has 0 aromatic heterocycles. The molecule has 4 rings (SSSR count). The number of halogens is 1. The Hall–Kier alpha value is -3.68. The van der Waals surface area contributed by atoms with Crippen molar-refractivity contribution in [3.8, 4) is 0 Å². The van der Waals surface area contributed by atoms with E-state index in [9.17, 15) is 27.5 Å². The maximum atomic E-state index is 14.3. The fraction of sp³-hybridized carbons (Fsp3) is 0.457. The molecule has 254 valence electrons. The fourth-order valence-electron chi connectivity index (χ4n) is 5.79. The van der Waals surface area contributed by atoms with Crippen LogP contribution in [0, 0.1) is 5.82 Å². The van der Waals surface area contributed by atoms with E-state index in [-0.39, 0.29) is 48.1 Å². The Balaban J connectivity index is 1.56. The van der Waals surface area contributed by atoms with E-state index in [4.69, 9.17) is 5.11 Å². The van der Waals surface area contributed by atoms with Gasteiger partial charge in [-0.2, -0.15) is 8.42 Å². The van der Waals surface area contributed by atoms with Crippen molar-refractivity contribution >= 4 is 38.2 Å². The zero-order valence-electron chi connectivity index (χ0n) is 27.5. The molecule has 2 aromatic carbocycles. The molecule has 47 heavy (non-hydrogen) atoms. The molecule has 3 atom stereocenters. The molecule has 2 aromatic rings. The number of nitrogens with one attached hydrogen (secondary N) is 3. The molecule has 2 amide bonds. The summed E-state index contributed by atoms with van der Waals surface area (Å²) in [7, 11) is -2.41. The van der Waals surface area contributed by atoms with Crippen LogP contribution in [0.15, 0.2) is 60.7 Å². The minimum Gasteiger partial charge on any atom is -0.394 e. The summed E-state index contributed by atoms with van der Waals surface area (Å²) in [6, 6.07) is 10.5. The van der Waals surface area contributed by atoms with Crippen LogP contribution in [0.4, 0.5) is 10.1 Å². The van der Waals surface area contributed by atoms with Crippen LogP contribution < -0.4 is 20.9 Å². The van der Waals surface area contributed by atoms with E-state index < -0.39 is 46.4 Å². The van der Waals surface area contributed by atoms with Gasteiger partial charge in [0.05, 0.1) is 30.2 Å². The summed E-state index contributed by atoms with van der Waals surface area (Å²) >= 11 is 0. The summed E-state index contributed by atoms with van der Waals surface area (Å²) < 4.78 is 38.4. The fourth-order valence-corrected chi connectivity index (χ4v) is 6.35. The first kappa shape index (κ1) is 36.2. The Morgan fingerprint density at radius 1 is 1.11 bits per heavy atom. The Morgan fingerprint density at radius 2 is 1.81 bits per heavy atom. The number of carbonyl (C=O) groups excluding carboxylic acids is 2. The molecule has 0 saturated heterocycles. The number of anilines is 1. The summed E-state index contributed by atoms with van der Waals surface area (Å²) in [5.41, 5.74) is 2.57. The first-order valence-corrected chi connectivity index (χ1v) is 16.8. The maximum Gasteiger partial charge on any atom is 0.249 e. The number of aliphatic hydroxyl groups is 2. The number of aliphatic hydroxyl groups excluding tert-OH is 2. The number of benzene rings is 2. The van der Waals surface area contributed by atoms with Gasteiger partial charge in [-0.3, -0.25) is 9.59 Å². The number of aryl methyl sites for hydroxylation is 1. The molecule has 10 nitrogen and oxygen atoms in total. The molecular formula is C35H45FN4O6S. The summed E-state index contributed by atoms with van der Waals surface area (Å²) in [4.78, 5) is 28.9. The second-order valence-electron chi connectivity index (χ2n) is 13.8. The maximum absolute atomic E-state index is 14.3. The Morgan fingerprint density at radius 3 is 2.45 bits per heavy atom. The molecular weight excluding hydrogens is 623 g/mol. The van der Waals surface area contributed by atoms with Crippen LogP contribution >= 0.6 is 0 Å². The molecule has 0 saturated carbocycles. The number of nitrogens with zero attached hydrogens (tertiary/aromatic N) is 1. The van der Waals surface area contributed by atoms with E-state index in [1.54, 1.807) is 37.0 Å². The predicted molar refractivity (Wildman–Crippen MR) is 182 cm³/mol.